The summed E-state index contributed by atoms with van der Waals surface area (Å²) in [6, 6.07) is 5.51. The van der Waals surface area contributed by atoms with Gasteiger partial charge in [-0.15, -0.1) is 0 Å². The number of hydrogen-bond donors (Lipinski definition) is 0. The molecular formula is C18H24F4. The molecule has 0 saturated heterocycles. The van der Waals surface area contributed by atoms with Crippen LogP contribution in [0.25, 0.3) is 0 Å². The highest BCUT2D eigenvalue weighted by molar-refractivity contribution is 5.29. The predicted octanol–water partition coefficient (Wildman–Crippen LogP) is 6.51. The Morgan fingerprint density at radius 1 is 0.955 bits per heavy atom. The first kappa shape index (κ1) is 17.3. The third kappa shape index (κ3) is 3.64. The SMILES string of the molecule is CCCC1CCC(c2ccc(C(F)(F)C(C)(F)F)cc2)CC1. The van der Waals surface area contributed by atoms with Gasteiger partial charge in [0.15, 0.2) is 0 Å². The van der Waals surface area contributed by atoms with Crippen molar-refractivity contribution in [3.63, 3.8) is 0 Å². The van der Waals surface area contributed by atoms with Gasteiger partial charge in [-0.25, -0.2) is 0 Å². The van der Waals surface area contributed by atoms with Crippen LogP contribution in [0.2, 0.25) is 0 Å². The highest BCUT2D eigenvalue weighted by Gasteiger charge is 2.53. The van der Waals surface area contributed by atoms with Crippen molar-refractivity contribution < 1.29 is 17.6 Å². The molecule has 0 radical (unpaired) electrons. The molecule has 124 valence electrons. The molecule has 0 unspecified atom stereocenters. The van der Waals surface area contributed by atoms with E-state index >= 15 is 0 Å². The third-order valence-corrected chi connectivity index (χ3v) is 4.84. The van der Waals surface area contributed by atoms with Crippen molar-refractivity contribution in [3.8, 4) is 0 Å². The Hall–Kier alpha value is -1.06. The van der Waals surface area contributed by atoms with Gasteiger partial charge in [0.25, 0.3) is 0 Å². The third-order valence-electron chi connectivity index (χ3n) is 4.84. The topological polar surface area (TPSA) is 0 Å². The summed E-state index contributed by atoms with van der Waals surface area (Å²) in [4.78, 5) is 0. The minimum Gasteiger partial charge on any atom is -0.200 e. The van der Waals surface area contributed by atoms with E-state index in [1.54, 1.807) is 12.1 Å². The molecule has 0 aromatic heterocycles. The van der Waals surface area contributed by atoms with Crippen molar-refractivity contribution in [1.29, 1.82) is 0 Å². The van der Waals surface area contributed by atoms with E-state index in [0.717, 1.165) is 36.5 Å². The van der Waals surface area contributed by atoms with Gasteiger partial charge < -0.3 is 0 Å². The summed E-state index contributed by atoms with van der Waals surface area (Å²) in [6.45, 7) is 2.45. The van der Waals surface area contributed by atoms with E-state index in [0.29, 0.717) is 5.92 Å². The molecule has 4 heteroatoms. The van der Waals surface area contributed by atoms with Crippen LogP contribution in [0.15, 0.2) is 24.3 Å². The predicted molar refractivity (Wildman–Crippen MR) is 80.6 cm³/mol. The van der Waals surface area contributed by atoms with E-state index in [1.165, 1.54) is 25.7 Å². The van der Waals surface area contributed by atoms with E-state index in [1.807, 2.05) is 0 Å². The van der Waals surface area contributed by atoms with Crippen LogP contribution in [-0.2, 0) is 5.92 Å². The van der Waals surface area contributed by atoms with Crippen molar-refractivity contribution in [2.75, 3.05) is 0 Å². The number of benzene rings is 1. The molecule has 0 nitrogen and oxygen atoms in total. The van der Waals surface area contributed by atoms with Crippen LogP contribution in [0, 0.1) is 5.92 Å². The van der Waals surface area contributed by atoms with Crippen molar-refractivity contribution in [2.45, 2.75) is 70.1 Å². The molecule has 1 aliphatic rings. The molecule has 1 saturated carbocycles. The minimum atomic E-state index is -4.12. The molecular weight excluding hydrogens is 292 g/mol. The summed E-state index contributed by atoms with van der Waals surface area (Å²) >= 11 is 0. The van der Waals surface area contributed by atoms with Gasteiger partial charge in [0.2, 0.25) is 0 Å². The average Bonchev–Trinajstić information content (AvgIpc) is 2.47. The van der Waals surface area contributed by atoms with Crippen LogP contribution in [0.3, 0.4) is 0 Å². The average molecular weight is 316 g/mol. The molecule has 22 heavy (non-hydrogen) atoms. The molecule has 0 heterocycles. The molecule has 0 N–H and O–H groups in total. The maximum Gasteiger partial charge on any atom is 0.335 e. The van der Waals surface area contributed by atoms with E-state index in [4.69, 9.17) is 0 Å². The van der Waals surface area contributed by atoms with Crippen LogP contribution < -0.4 is 0 Å². The molecule has 1 aromatic rings. The largest absolute Gasteiger partial charge is 0.335 e. The van der Waals surface area contributed by atoms with Crippen LogP contribution >= 0.6 is 0 Å². The molecule has 0 spiro atoms. The molecule has 0 atom stereocenters. The normalized spacial score (nSPS) is 23.5. The lowest BCUT2D eigenvalue weighted by atomic mass is 9.77. The van der Waals surface area contributed by atoms with Crippen molar-refractivity contribution in [2.24, 2.45) is 5.92 Å². The van der Waals surface area contributed by atoms with Crippen LogP contribution in [0.4, 0.5) is 17.6 Å². The molecule has 0 aliphatic heterocycles. The second-order valence-corrected chi connectivity index (χ2v) is 6.59. The summed E-state index contributed by atoms with van der Waals surface area (Å²) < 4.78 is 53.3. The second-order valence-electron chi connectivity index (χ2n) is 6.59. The summed E-state index contributed by atoms with van der Waals surface area (Å²) in [7, 11) is 0. The Morgan fingerprint density at radius 3 is 1.95 bits per heavy atom. The van der Waals surface area contributed by atoms with Gasteiger partial charge in [0.1, 0.15) is 0 Å². The fourth-order valence-corrected chi connectivity index (χ4v) is 3.41. The van der Waals surface area contributed by atoms with E-state index in [2.05, 4.69) is 6.92 Å². The van der Waals surface area contributed by atoms with Gasteiger partial charge in [-0.3, -0.25) is 0 Å². The first-order valence-electron chi connectivity index (χ1n) is 8.11. The first-order chi connectivity index (χ1) is 10.3. The number of rotatable bonds is 5. The maximum absolute atomic E-state index is 13.6. The van der Waals surface area contributed by atoms with Gasteiger partial charge in [-0.2, -0.15) is 17.6 Å². The molecule has 1 fully saturated rings. The monoisotopic (exact) mass is 316 g/mol. The van der Waals surface area contributed by atoms with Gasteiger partial charge in [0.05, 0.1) is 0 Å². The molecule has 1 aromatic carbocycles. The lowest BCUT2D eigenvalue weighted by molar-refractivity contribution is -0.204. The van der Waals surface area contributed by atoms with Gasteiger partial charge in [-0.05, 0) is 43.1 Å². The summed E-state index contributed by atoms with van der Waals surface area (Å²) in [5.41, 5.74) is 0.386. The van der Waals surface area contributed by atoms with Crippen LogP contribution in [0.5, 0.6) is 0 Å². The van der Waals surface area contributed by atoms with Gasteiger partial charge >= 0.3 is 11.8 Å². The lowest BCUT2D eigenvalue weighted by Gasteiger charge is -2.29. The molecule has 0 bridgehead atoms. The maximum atomic E-state index is 13.6. The molecule has 0 amide bonds. The van der Waals surface area contributed by atoms with Crippen molar-refractivity contribution in [3.05, 3.63) is 35.4 Å². The Bertz CT molecular complexity index is 465. The molecule has 2 rings (SSSR count). The Kier molecular flexibility index (Phi) is 5.18. The highest BCUT2D eigenvalue weighted by Crippen LogP contribution is 2.43. The van der Waals surface area contributed by atoms with Crippen LogP contribution in [0.1, 0.15) is 69.4 Å². The lowest BCUT2D eigenvalue weighted by Crippen LogP contribution is -2.34. The smallest absolute Gasteiger partial charge is 0.200 e. The fourth-order valence-electron chi connectivity index (χ4n) is 3.41. The Balaban J connectivity index is 2.04. The van der Waals surface area contributed by atoms with E-state index < -0.39 is 17.4 Å². The Labute approximate surface area is 129 Å². The fraction of sp³-hybridized carbons (Fsp3) is 0.667. The zero-order valence-electron chi connectivity index (χ0n) is 13.2. The first-order valence-corrected chi connectivity index (χ1v) is 8.11. The van der Waals surface area contributed by atoms with Gasteiger partial charge in [0, 0.05) is 12.5 Å². The zero-order chi connectivity index (χ0) is 16.4. The van der Waals surface area contributed by atoms with Gasteiger partial charge in [-0.1, -0.05) is 44.0 Å². The zero-order valence-corrected chi connectivity index (χ0v) is 13.2. The van der Waals surface area contributed by atoms with Crippen LogP contribution in [-0.4, -0.2) is 5.92 Å². The highest BCUT2D eigenvalue weighted by atomic mass is 19.3. The quantitative estimate of drug-likeness (QED) is 0.543. The van der Waals surface area contributed by atoms with Crippen molar-refractivity contribution >= 4 is 0 Å². The molecule has 1 aliphatic carbocycles. The Morgan fingerprint density at radius 2 is 1.50 bits per heavy atom. The van der Waals surface area contributed by atoms with E-state index in [9.17, 15) is 17.6 Å². The number of halogens is 4. The summed E-state index contributed by atoms with van der Waals surface area (Å²) in [5.74, 6) is -7.02. The number of hydrogen-bond acceptors (Lipinski definition) is 0. The standard InChI is InChI=1S/C18H24F4/c1-3-4-13-5-7-14(8-6-13)15-9-11-16(12-10-15)18(21,22)17(2,19)20/h9-14H,3-8H2,1-2H3. The second kappa shape index (κ2) is 6.59. The number of alkyl halides is 4. The summed E-state index contributed by atoms with van der Waals surface area (Å²) in [6.07, 6.45) is 6.91. The van der Waals surface area contributed by atoms with Crippen molar-refractivity contribution in [1.82, 2.24) is 0 Å². The minimum absolute atomic E-state index is 0.260. The van der Waals surface area contributed by atoms with E-state index in [-0.39, 0.29) is 6.92 Å². The summed E-state index contributed by atoms with van der Waals surface area (Å²) in [5, 5.41) is 0.